The number of halogens is 2. The van der Waals surface area contributed by atoms with Crippen LogP contribution in [0.4, 0.5) is 0 Å². The van der Waals surface area contributed by atoms with E-state index in [2.05, 4.69) is 20.5 Å². The van der Waals surface area contributed by atoms with Crippen molar-refractivity contribution in [3.8, 4) is 16.9 Å². The number of amides is 1. The van der Waals surface area contributed by atoms with Crippen LogP contribution >= 0.6 is 24.0 Å². The first-order valence-corrected chi connectivity index (χ1v) is 9.91. The molecule has 3 heterocycles. The van der Waals surface area contributed by atoms with Crippen molar-refractivity contribution in [2.45, 2.75) is 13.0 Å². The van der Waals surface area contributed by atoms with Gasteiger partial charge in [-0.15, -0.1) is 12.4 Å². The lowest BCUT2D eigenvalue weighted by atomic mass is 10.1. The fourth-order valence-electron chi connectivity index (χ4n) is 3.09. The van der Waals surface area contributed by atoms with Gasteiger partial charge in [0.15, 0.2) is 0 Å². The SMILES string of the molecule is C[C@H](NC(=O)c1cc(-c2ccc(Cl)cc2)nn(-c2cnn(C)c2)c1=O)c1ccccn1.Cl. The zero-order chi connectivity index (χ0) is 22.0. The number of nitrogens with one attached hydrogen (secondary N) is 1. The fourth-order valence-corrected chi connectivity index (χ4v) is 3.22. The number of hydrogen-bond acceptors (Lipinski definition) is 5. The average Bonchev–Trinajstić information content (AvgIpc) is 3.21. The molecule has 0 aliphatic carbocycles. The van der Waals surface area contributed by atoms with Crippen molar-refractivity contribution in [2.75, 3.05) is 0 Å². The molecule has 0 saturated carbocycles. The molecule has 1 atom stereocenters. The molecule has 164 valence electrons. The number of aryl methyl sites for hydroxylation is 1. The van der Waals surface area contributed by atoms with Crippen molar-refractivity contribution < 1.29 is 4.79 Å². The van der Waals surface area contributed by atoms with E-state index in [1.807, 2.05) is 12.1 Å². The lowest BCUT2D eigenvalue weighted by Gasteiger charge is -2.14. The van der Waals surface area contributed by atoms with Crippen molar-refractivity contribution in [3.63, 3.8) is 0 Å². The normalized spacial score (nSPS) is 11.5. The van der Waals surface area contributed by atoms with Crippen LogP contribution in [0.25, 0.3) is 16.9 Å². The standard InChI is InChI=1S/C22H19ClN6O2.ClH/c1-14(19-5-3-4-10-24-19)26-21(30)18-11-20(15-6-8-16(23)9-7-15)27-29(22(18)31)17-12-25-28(2)13-17;/h3-14H,1-2H3,(H,26,30);1H/t14-;/m0./s1. The second kappa shape index (κ2) is 9.76. The van der Waals surface area contributed by atoms with Crippen LogP contribution in [-0.4, -0.2) is 30.5 Å². The summed E-state index contributed by atoms with van der Waals surface area (Å²) in [6.45, 7) is 1.81. The quantitative estimate of drug-likeness (QED) is 0.480. The Labute approximate surface area is 195 Å². The summed E-state index contributed by atoms with van der Waals surface area (Å²) in [5, 5.41) is 12.0. The molecule has 0 unspecified atom stereocenters. The highest BCUT2D eigenvalue weighted by atomic mass is 35.5. The predicted octanol–water partition coefficient (Wildman–Crippen LogP) is 3.59. The summed E-state index contributed by atoms with van der Waals surface area (Å²) in [6.07, 6.45) is 4.81. The summed E-state index contributed by atoms with van der Waals surface area (Å²) in [5.41, 5.74) is 1.73. The molecular weight excluding hydrogens is 451 g/mol. The lowest BCUT2D eigenvalue weighted by Crippen LogP contribution is -2.35. The van der Waals surface area contributed by atoms with Gasteiger partial charge in [0.2, 0.25) is 0 Å². The first-order chi connectivity index (χ1) is 14.9. The van der Waals surface area contributed by atoms with Gasteiger partial charge in [0, 0.05) is 23.8 Å². The van der Waals surface area contributed by atoms with Gasteiger partial charge in [0.05, 0.1) is 29.8 Å². The zero-order valence-corrected chi connectivity index (χ0v) is 18.8. The van der Waals surface area contributed by atoms with Gasteiger partial charge in [-0.2, -0.15) is 14.9 Å². The van der Waals surface area contributed by atoms with Crippen LogP contribution in [0.5, 0.6) is 0 Å². The minimum Gasteiger partial charge on any atom is -0.344 e. The van der Waals surface area contributed by atoms with E-state index in [1.165, 1.54) is 16.9 Å². The number of pyridine rings is 1. The Kier molecular flexibility index (Phi) is 7.07. The van der Waals surface area contributed by atoms with Gasteiger partial charge in [0.25, 0.3) is 11.5 Å². The molecule has 0 spiro atoms. The molecule has 4 rings (SSSR count). The molecule has 0 radical (unpaired) electrons. The molecule has 3 aromatic heterocycles. The molecule has 1 N–H and O–H groups in total. The van der Waals surface area contributed by atoms with Gasteiger partial charge >= 0.3 is 0 Å². The Balaban J connectivity index is 0.00000289. The highest BCUT2D eigenvalue weighted by Crippen LogP contribution is 2.20. The molecule has 0 aliphatic rings. The van der Waals surface area contributed by atoms with Gasteiger partial charge in [0.1, 0.15) is 11.3 Å². The summed E-state index contributed by atoms with van der Waals surface area (Å²) in [4.78, 5) is 30.5. The van der Waals surface area contributed by atoms with Crippen LogP contribution in [0.1, 0.15) is 29.0 Å². The third-order valence-electron chi connectivity index (χ3n) is 4.71. The third-order valence-corrected chi connectivity index (χ3v) is 4.96. The molecule has 32 heavy (non-hydrogen) atoms. The molecule has 4 aromatic rings. The van der Waals surface area contributed by atoms with Gasteiger partial charge < -0.3 is 5.32 Å². The molecule has 0 bridgehead atoms. The smallest absolute Gasteiger partial charge is 0.284 e. The second-order valence-corrected chi connectivity index (χ2v) is 7.43. The monoisotopic (exact) mass is 470 g/mol. The Bertz CT molecular complexity index is 1290. The van der Waals surface area contributed by atoms with E-state index in [-0.39, 0.29) is 24.0 Å². The summed E-state index contributed by atoms with van der Waals surface area (Å²) >= 11 is 5.99. The van der Waals surface area contributed by atoms with Gasteiger partial charge in [-0.3, -0.25) is 19.3 Å². The minimum atomic E-state index is -0.545. The van der Waals surface area contributed by atoms with Crippen LogP contribution < -0.4 is 10.9 Å². The van der Waals surface area contributed by atoms with Crippen molar-refractivity contribution in [3.05, 3.63) is 93.8 Å². The summed E-state index contributed by atoms with van der Waals surface area (Å²) in [6, 6.07) is 13.6. The largest absolute Gasteiger partial charge is 0.344 e. The van der Waals surface area contributed by atoms with E-state index in [9.17, 15) is 9.59 Å². The van der Waals surface area contributed by atoms with Crippen molar-refractivity contribution in [1.29, 1.82) is 0 Å². The number of benzene rings is 1. The summed E-state index contributed by atoms with van der Waals surface area (Å²) < 4.78 is 2.73. The predicted molar refractivity (Wildman–Crippen MR) is 124 cm³/mol. The number of hydrogen-bond donors (Lipinski definition) is 1. The molecule has 0 aliphatic heterocycles. The number of rotatable bonds is 5. The van der Waals surface area contributed by atoms with Crippen molar-refractivity contribution in [2.24, 2.45) is 7.05 Å². The topological polar surface area (TPSA) is 94.7 Å². The summed E-state index contributed by atoms with van der Waals surface area (Å²) in [7, 11) is 1.74. The first kappa shape index (κ1) is 23.2. The lowest BCUT2D eigenvalue weighted by molar-refractivity contribution is 0.0937. The van der Waals surface area contributed by atoms with Crippen LogP contribution in [0.15, 0.2) is 71.9 Å². The number of nitrogens with zero attached hydrogens (tertiary/aromatic N) is 5. The van der Waals surface area contributed by atoms with E-state index < -0.39 is 11.5 Å². The molecule has 0 fully saturated rings. The van der Waals surface area contributed by atoms with Gasteiger partial charge in [-0.25, -0.2) is 0 Å². The first-order valence-electron chi connectivity index (χ1n) is 9.53. The maximum Gasteiger partial charge on any atom is 0.284 e. The third kappa shape index (κ3) is 4.87. The molecule has 10 heteroatoms. The van der Waals surface area contributed by atoms with Crippen molar-refractivity contribution in [1.82, 2.24) is 29.9 Å². The van der Waals surface area contributed by atoms with E-state index >= 15 is 0 Å². The Morgan fingerprint density at radius 2 is 1.91 bits per heavy atom. The Hall–Kier alpha value is -3.49. The van der Waals surface area contributed by atoms with Crippen LogP contribution in [0, 0.1) is 0 Å². The highest BCUT2D eigenvalue weighted by molar-refractivity contribution is 6.30. The van der Waals surface area contributed by atoms with E-state index in [4.69, 9.17) is 11.6 Å². The van der Waals surface area contributed by atoms with Crippen LogP contribution in [0.2, 0.25) is 5.02 Å². The molecular formula is C22H20Cl2N6O2. The maximum absolute atomic E-state index is 13.1. The number of carbonyl (C=O) groups is 1. The van der Waals surface area contributed by atoms with Crippen LogP contribution in [-0.2, 0) is 7.05 Å². The van der Waals surface area contributed by atoms with Gasteiger partial charge in [-0.1, -0.05) is 29.8 Å². The van der Waals surface area contributed by atoms with E-state index in [0.717, 1.165) is 0 Å². The van der Waals surface area contributed by atoms with Gasteiger partial charge in [-0.05, 0) is 37.3 Å². The average molecular weight is 471 g/mol. The fraction of sp³-hybridized carbons (Fsp3) is 0.136. The summed E-state index contributed by atoms with van der Waals surface area (Å²) in [5.74, 6) is -0.515. The Morgan fingerprint density at radius 3 is 2.53 bits per heavy atom. The molecule has 1 amide bonds. The van der Waals surface area contributed by atoms with Crippen LogP contribution in [0.3, 0.4) is 0 Å². The molecule has 1 aromatic carbocycles. The highest BCUT2D eigenvalue weighted by Gasteiger charge is 2.20. The zero-order valence-electron chi connectivity index (χ0n) is 17.3. The second-order valence-electron chi connectivity index (χ2n) is 6.99. The number of aromatic nitrogens is 5. The maximum atomic E-state index is 13.1. The number of carbonyl (C=O) groups excluding carboxylic acids is 1. The van der Waals surface area contributed by atoms with E-state index in [0.29, 0.717) is 27.7 Å². The molecule has 0 saturated heterocycles. The minimum absolute atomic E-state index is 0. The molecule has 8 nitrogen and oxygen atoms in total. The van der Waals surface area contributed by atoms with Crippen molar-refractivity contribution >= 4 is 29.9 Å². The Morgan fingerprint density at radius 1 is 1.16 bits per heavy atom. The van der Waals surface area contributed by atoms with E-state index in [1.54, 1.807) is 61.4 Å².